The summed E-state index contributed by atoms with van der Waals surface area (Å²) >= 11 is 6.11. The predicted octanol–water partition coefficient (Wildman–Crippen LogP) is 3.70. The third-order valence-electron chi connectivity index (χ3n) is 3.19. The fraction of sp³-hybridized carbons (Fsp3) is 0.250. The zero-order valence-electron chi connectivity index (χ0n) is 11.3. The number of halogens is 1. The number of hydrazine groups is 1. The summed E-state index contributed by atoms with van der Waals surface area (Å²) in [4.78, 5) is 0. The van der Waals surface area contributed by atoms with E-state index in [1.165, 1.54) is 11.1 Å². The fourth-order valence-electron chi connectivity index (χ4n) is 2.31. The predicted molar refractivity (Wildman–Crippen MR) is 81.1 cm³/mol. The quantitative estimate of drug-likeness (QED) is 0.659. The normalized spacial score (nSPS) is 12.4. The molecule has 0 aliphatic carbocycles. The van der Waals surface area contributed by atoms with Crippen LogP contribution in [0.1, 0.15) is 28.3 Å². The fourth-order valence-corrected chi connectivity index (χ4v) is 2.61. The van der Waals surface area contributed by atoms with E-state index in [2.05, 4.69) is 42.7 Å². The smallest absolute Gasteiger partial charge is 0.0500 e. The lowest BCUT2D eigenvalue weighted by Crippen LogP contribution is -2.29. The molecule has 0 aliphatic rings. The van der Waals surface area contributed by atoms with Crippen LogP contribution in [0.15, 0.2) is 42.5 Å². The van der Waals surface area contributed by atoms with Gasteiger partial charge in [-0.1, -0.05) is 47.5 Å². The van der Waals surface area contributed by atoms with E-state index in [1.54, 1.807) is 0 Å². The molecule has 0 heterocycles. The number of rotatable bonds is 4. The zero-order valence-corrected chi connectivity index (χ0v) is 12.0. The van der Waals surface area contributed by atoms with Crippen LogP contribution in [-0.2, 0) is 6.42 Å². The van der Waals surface area contributed by atoms with E-state index in [4.69, 9.17) is 17.4 Å². The van der Waals surface area contributed by atoms with Gasteiger partial charge >= 0.3 is 0 Å². The third kappa shape index (κ3) is 3.80. The second-order valence-electron chi connectivity index (χ2n) is 4.97. The van der Waals surface area contributed by atoms with Crippen LogP contribution in [0, 0.1) is 13.8 Å². The van der Waals surface area contributed by atoms with Crippen molar-refractivity contribution in [2.45, 2.75) is 26.3 Å². The summed E-state index contributed by atoms with van der Waals surface area (Å²) in [6.07, 6.45) is 0.845. The summed E-state index contributed by atoms with van der Waals surface area (Å²) in [6.45, 7) is 4.13. The van der Waals surface area contributed by atoms with E-state index in [0.717, 1.165) is 22.6 Å². The first kappa shape index (κ1) is 14.1. The minimum absolute atomic E-state index is 0.0687. The Morgan fingerprint density at radius 3 is 2.53 bits per heavy atom. The molecule has 3 heteroatoms. The van der Waals surface area contributed by atoms with Crippen LogP contribution in [0.25, 0.3) is 0 Å². The van der Waals surface area contributed by atoms with Crippen molar-refractivity contribution >= 4 is 11.6 Å². The maximum Gasteiger partial charge on any atom is 0.0500 e. The number of hydrogen-bond acceptors (Lipinski definition) is 2. The molecule has 0 saturated carbocycles. The van der Waals surface area contributed by atoms with Crippen LogP contribution in [0.2, 0.25) is 5.02 Å². The second-order valence-corrected chi connectivity index (χ2v) is 5.41. The molecule has 0 spiro atoms. The molecular formula is C16H19ClN2. The Kier molecular flexibility index (Phi) is 4.59. The molecule has 0 bridgehead atoms. The molecule has 100 valence electrons. The van der Waals surface area contributed by atoms with Crippen LogP contribution < -0.4 is 11.3 Å². The lowest BCUT2D eigenvalue weighted by Gasteiger charge is -2.17. The SMILES string of the molecule is Cc1cccc(CC(NN)c2cc(C)cc(Cl)c2)c1. The molecule has 0 saturated heterocycles. The molecule has 1 unspecified atom stereocenters. The average Bonchev–Trinajstić information content (AvgIpc) is 2.34. The van der Waals surface area contributed by atoms with Gasteiger partial charge in [-0.15, -0.1) is 0 Å². The van der Waals surface area contributed by atoms with Crippen molar-refractivity contribution in [3.63, 3.8) is 0 Å². The van der Waals surface area contributed by atoms with Crippen LogP contribution in [0.4, 0.5) is 0 Å². The van der Waals surface area contributed by atoms with Gasteiger partial charge in [0.2, 0.25) is 0 Å². The second kappa shape index (κ2) is 6.20. The number of hydrogen-bond donors (Lipinski definition) is 2. The van der Waals surface area contributed by atoms with Crippen molar-refractivity contribution in [3.05, 3.63) is 69.7 Å². The first-order chi connectivity index (χ1) is 9.08. The van der Waals surface area contributed by atoms with Crippen molar-refractivity contribution < 1.29 is 0 Å². The Bertz CT molecular complexity index is 546. The molecule has 3 N–H and O–H groups in total. The number of benzene rings is 2. The van der Waals surface area contributed by atoms with Crippen LogP contribution in [-0.4, -0.2) is 0 Å². The highest BCUT2D eigenvalue weighted by molar-refractivity contribution is 6.30. The molecule has 1 atom stereocenters. The summed E-state index contributed by atoms with van der Waals surface area (Å²) in [7, 11) is 0. The van der Waals surface area contributed by atoms with Crippen LogP contribution in [0.3, 0.4) is 0 Å². The van der Waals surface area contributed by atoms with Gasteiger partial charge < -0.3 is 0 Å². The first-order valence-corrected chi connectivity index (χ1v) is 6.75. The van der Waals surface area contributed by atoms with Crippen molar-refractivity contribution in [2.75, 3.05) is 0 Å². The van der Waals surface area contributed by atoms with E-state index in [0.29, 0.717) is 0 Å². The first-order valence-electron chi connectivity index (χ1n) is 6.37. The van der Waals surface area contributed by atoms with Crippen molar-refractivity contribution in [3.8, 4) is 0 Å². The highest BCUT2D eigenvalue weighted by Crippen LogP contribution is 2.23. The van der Waals surface area contributed by atoms with E-state index < -0.39 is 0 Å². The maximum absolute atomic E-state index is 6.11. The molecular weight excluding hydrogens is 256 g/mol. The third-order valence-corrected chi connectivity index (χ3v) is 3.41. The summed E-state index contributed by atoms with van der Waals surface area (Å²) in [5.74, 6) is 5.70. The van der Waals surface area contributed by atoms with Gasteiger partial charge in [0.25, 0.3) is 0 Å². The Balaban J connectivity index is 2.24. The lowest BCUT2D eigenvalue weighted by atomic mass is 9.97. The molecule has 0 radical (unpaired) electrons. The Labute approximate surface area is 119 Å². The molecule has 2 rings (SSSR count). The molecule has 0 fully saturated rings. The minimum Gasteiger partial charge on any atom is -0.271 e. The molecule has 0 amide bonds. The van der Waals surface area contributed by atoms with Crippen molar-refractivity contribution in [1.29, 1.82) is 0 Å². The van der Waals surface area contributed by atoms with Gasteiger partial charge in [-0.2, -0.15) is 0 Å². The molecule has 2 aromatic carbocycles. The van der Waals surface area contributed by atoms with Gasteiger partial charge in [-0.25, -0.2) is 0 Å². The molecule has 0 aliphatic heterocycles. The molecule has 2 aromatic rings. The zero-order chi connectivity index (χ0) is 13.8. The number of nitrogens with two attached hydrogens (primary N) is 1. The largest absolute Gasteiger partial charge is 0.271 e. The number of nitrogens with one attached hydrogen (secondary N) is 1. The monoisotopic (exact) mass is 274 g/mol. The van der Waals surface area contributed by atoms with Crippen LogP contribution in [0.5, 0.6) is 0 Å². The van der Waals surface area contributed by atoms with Gasteiger partial charge in [0.15, 0.2) is 0 Å². The van der Waals surface area contributed by atoms with E-state index in [1.807, 2.05) is 19.1 Å². The van der Waals surface area contributed by atoms with Gasteiger partial charge in [-0.05, 0) is 49.1 Å². The summed E-state index contributed by atoms with van der Waals surface area (Å²) in [6, 6.07) is 14.6. The lowest BCUT2D eigenvalue weighted by molar-refractivity contribution is 0.551. The highest BCUT2D eigenvalue weighted by Gasteiger charge is 2.11. The van der Waals surface area contributed by atoms with E-state index in [9.17, 15) is 0 Å². The van der Waals surface area contributed by atoms with Gasteiger partial charge in [0.1, 0.15) is 0 Å². The number of aryl methyl sites for hydroxylation is 2. The van der Waals surface area contributed by atoms with Gasteiger partial charge in [0, 0.05) is 5.02 Å². The minimum atomic E-state index is 0.0687. The van der Waals surface area contributed by atoms with Crippen LogP contribution >= 0.6 is 11.6 Å². The molecule has 0 aromatic heterocycles. The Hall–Kier alpha value is -1.35. The van der Waals surface area contributed by atoms with Crippen molar-refractivity contribution in [1.82, 2.24) is 5.43 Å². The summed E-state index contributed by atoms with van der Waals surface area (Å²) in [5.41, 5.74) is 7.67. The van der Waals surface area contributed by atoms with Crippen molar-refractivity contribution in [2.24, 2.45) is 5.84 Å². The Morgan fingerprint density at radius 1 is 1.11 bits per heavy atom. The van der Waals surface area contributed by atoms with E-state index >= 15 is 0 Å². The molecule has 19 heavy (non-hydrogen) atoms. The topological polar surface area (TPSA) is 38.0 Å². The molecule has 2 nitrogen and oxygen atoms in total. The maximum atomic E-state index is 6.11. The van der Waals surface area contributed by atoms with Gasteiger partial charge in [0.05, 0.1) is 6.04 Å². The average molecular weight is 275 g/mol. The summed E-state index contributed by atoms with van der Waals surface area (Å²) < 4.78 is 0. The highest BCUT2D eigenvalue weighted by atomic mass is 35.5. The van der Waals surface area contributed by atoms with Gasteiger partial charge in [-0.3, -0.25) is 11.3 Å². The Morgan fingerprint density at radius 2 is 1.89 bits per heavy atom. The van der Waals surface area contributed by atoms with E-state index in [-0.39, 0.29) is 6.04 Å². The standard InChI is InChI=1S/C16H19ClN2/c1-11-4-3-5-13(6-11)9-16(19-18)14-7-12(2)8-15(17)10-14/h3-8,10,16,19H,9,18H2,1-2H3. The summed E-state index contributed by atoms with van der Waals surface area (Å²) in [5, 5.41) is 0.750.